The van der Waals surface area contributed by atoms with Crippen LogP contribution in [0.4, 0.5) is 0 Å². The van der Waals surface area contributed by atoms with Crippen LogP contribution in [0.25, 0.3) is 0 Å². The molecule has 1 aliphatic heterocycles. The van der Waals surface area contributed by atoms with E-state index in [1.165, 1.54) is 10.7 Å². The summed E-state index contributed by atoms with van der Waals surface area (Å²) >= 11 is 0. The van der Waals surface area contributed by atoms with E-state index in [1.807, 2.05) is 31.2 Å². The molecular formula is C25H32N2O4S. The van der Waals surface area contributed by atoms with Crippen molar-refractivity contribution in [3.63, 3.8) is 0 Å². The van der Waals surface area contributed by atoms with E-state index in [0.29, 0.717) is 24.5 Å². The smallest absolute Gasteiger partial charge is 0.243 e. The molecule has 6 nitrogen and oxygen atoms in total. The molecular weight excluding hydrogens is 424 g/mol. The largest absolute Gasteiger partial charge is 0.457 e. The molecule has 0 radical (unpaired) electrons. The molecule has 1 unspecified atom stereocenters. The van der Waals surface area contributed by atoms with Gasteiger partial charge >= 0.3 is 0 Å². The summed E-state index contributed by atoms with van der Waals surface area (Å²) < 4.78 is 34.1. The number of amides is 1. The van der Waals surface area contributed by atoms with Gasteiger partial charge in [-0.1, -0.05) is 43.5 Å². The van der Waals surface area contributed by atoms with E-state index in [2.05, 4.69) is 5.32 Å². The number of aryl methyl sites for hydroxylation is 1. The first-order chi connectivity index (χ1) is 15.4. The molecule has 2 aromatic carbocycles. The highest BCUT2D eigenvalue weighted by molar-refractivity contribution is 7.89. The van der Waals surface area contributed by atoms with Crippen molar-refractivity contribution in [1.82, 2.24) is 9.62 Å². The predicted molar refractivity (Wildman–Crippen MR) is 124 cm³/mol. The van der Waals surface area contributed by atoms with Gasteiger partial charge in [0.25, 0.3) is 0 Å². The Labute approximate surface area is 191 Å². The molecule has 1 saturated heterocycles. The Morgan fingerprint density at radius 2 is 1.78 bits per heavy atom. The molecule has 1 atom stereocenters. The molecule has 7 heteroatoms. The van der Waals surface area contributed by atoms with Crippen LogP contribution in [-0.4, -0.2) is 37.8 Å². The number of hydrogen-bond acceptors (Lipinski definition) is 4. The highest BCUT2D eigenvalue weighted by Gasteiger charge is 2.34. The van der Waals surface area contributed by atoms with Crippen LogP contribution >= 0.6 is 0 Å². The van der Waals surface area contributed by atoms with Crippen LogP contribution in [0.3, 0.4) is 0 Å². The van der Waals surface area contributed by atoms with Gasteiger partial charge in [0.1, 0.15) is 11.5 Å². The van der Waals surface area contributed by atoms with E-state index in [9.17, 15) is 13.2 Å². The number of piperidine rings is 1. The highest BCUT2D eigenvalue weighted by atomic mass is 32.2. The maximum Gasteiger partial charge on any atom is 0.243 e. The quantitative estimate of drug-likeness (QED) is 0.687. The summed E-state index contributed by atoms with van der Waals surface area (Å²) in [4.78, 5) is 13.0. The van der Waals surface area contributed by atoms with Crippen LogP contribution < -0.4 is 10.1 Å². The van der Waals surface area contributed by atoms with Crippen LogP contribution in [0.2, 0.25) is 0 Å². The van der Waals surface area contributed by atoms with Crippen molar-refractivity contribution < 1.29 is 17.9 Å². The fourth-order valence-electron chi connectivity index (χ4n) is 4.59. The lowest BCUT2D eigenvalue weighted by molar-refractivity contribution is -0.127. The van der Waals surface area contributed by atoms with Gasteiger partial charge in [-0.15, -0.1) is 0 Å². The number of rotatable bonds is 6. The molecule has 2 fully saturated rings. The second-order valence-electron chi connectivity index (χ2n) is 8.89. The number of hydrogen-bond donors (Lipinski definition) is 1. The number of nitrogens with zero attached hydrogens (tertiary/aromatic N) is 1. The lowest BCUT2D eigenvalue weighted by Crippen LogP contribution is -2.47. The lowest BCUT2D eigenvalue weighted by atomic mass is 9.93. The summed E-state index contributed by atoms with van der Waals surface area (Å²) in [5, 5.41) is 3.16. The van der Waals surface area contributed by atoms with Crippen LogP contribution in [-0.2, 0) is 14.8 Å². The predicted octanol–water partition coefficient (Wildman–Crippen LogP) is 4.64. The minimum Gasteiger partial charge on any atom is -0.457 e. The third kappa shape index (κ3) is 5.33. The SMILES string of the molecule is Cc1ccccc1Oc1cccc(S(=O)(=O)N2CCCC(C(=O)NC3CCCCC3)C2)c1. The van der Waals surface area contributed by atoms with E-state index in [0.717, 1.165) is 37.7 Å². The summed E-state index contributed by atoms with van der Waals surface area (Å²) in [5.41, 5.74) is 0.976. The molecule has 172 valence electrons. The first-order valence-electron chi connectivity index (χ1n) is 11.6. The van der Waals surface area contributed by atoms with Crippen molar-refractivity contribution in [3.05, 3.63) is 54.1 Å². The number of sulfonamides is 1. The molecule has 2 aliphatic rings. The van der Waals surface area contributed by atoms with Crippen LogP contribution in [0, 0.1) is 12.8 Å². The van der Waals surface area contributed by atoms with Crippen molar-refractivity contribution in [2.24, 2.45) is 5.92 Å². The van der Waals surface area contributed by atoms with Gasteiger partial charge in [0.05, 0.1) is 10.8 Å². The summed E-state index contributed by atoms with van der Waals surface area (Å²) in [6.07, 6.45) is 6.98. The molecule has 1 aliphatic carbocycles. The Morgan fingerprint density at radius 3 is 2.56 bits per heavy atom. The molecule has 1 heterocycles. The molecule has 0 bridgehead atoms. The minimum atomic E-state index is -3.71. The van der Waals surface area contributed by atoms with E-state index in [-0.39, 0.29) is 29.3 Å². The van der Waals surface area contributed by atoms with Crippen LogP contribution in [0.1, 0.15) is 50.5 Å². The Hall–Kier alpha value is -2.38. The number of para-hydroxylation sites is 1. The van der Waals surface area contributed by atoms with Crippen molar-refractivity contribution in [1.29, 1.82) is 0 Å². The standard InChI is InChI=1S/C25H32N2O4S/c1-19-9-5-6-15-24(19)31-22-13-7-14-23(17-22)32(29,30)27-16-8-10-20(18-27)25(28)26-21-11-3-2-4-12-21/h5-7,9,13-15,17,20-21H,2-4,8,10-12,16,18H2,1H3,(H,26,28). The Balaban J connectivity index is 1.45. The summed E-state index contributed by atoms with van der Waals surface area (Å²) in [5.74, 6) is 0.865. The summed E-state index contributed by atoms with van der Waals surface area (Å²) in [6.45, 7) is 2.60. The van der Waals surface area contributed by atoms with E-state index in [4.69, 9.17) is 4.74 Å². The summed E-state index contributed by atoms with van der Waals surface area (Å²) in [7, 11) is -3.71. The summed E-state index contributed by atoms with van der Waals surface area (Å²) in [6, 6.07) is 14.5. The first kappa shape index (κ1) is 22.8. The van der Waals surface area contributed by atoms with E-state index < -0.39 is 10.0 Å². The average Bonchev–Trinajstić information content (AvgIpc) is 2.81. The fourth-order valence-corrected chi connectivity index (χ4v) is 6.15. The Morgan fingerprint density at radius 1 is 1.00 bits per heavy atom. The zero-order valence-electron chi connectivity index (χ0n) is 18.6. The van der Waals surface area contributed by atoms with Gasteiger partial charge in [-0.2, -0.15) is 4.31 Å². The third-order valence-electron chi connectivity index (χ3n) is 6.47. The van der Waals surface area contributed by atoms with Crippen molar-refractivity contribution in [2.45, 2.75) is 62.8 Å². The topological polar surface area (TPSA) is 75.7 Å². The average molecular weight is 457 g/mol. The fraction of sp³-hybridized carbons (Fsp3) is 0.480. The Bertz CT molecular complexity index is 1050. The number of benzene rings is 2. The number of ether oxygens (including phenoxy) is 1. The molecule has 4 rings (SSSR count). The number of nitrogens with one attached hydrogen (secondary N) is 1. The van der Waals surface area contributed by atoms with Crippen molar-refractivity contribution in [3.8, 4) is 11.5 Å². The number of carbonyl (C=O) groups is 1. The number of carbonyl (C=O) groups excluding carboxylic acids is 1. The molecule has 1 N–H and O–H groups in total. The normalized spacial score (nSPS) is 20.6. The molecule has 2 aromatic rings. The van der Waals surface area contributed by atoms with Crippen LogP contribution in [0.5, 0.6) is 11.5 Å². The first-order valence-corrected chi connectivity index (χ1v) is 13.0. The molecule has 0 spiro atoms. The maximum atomic E-state index is 13.4. The zero-order chi connectivity index (χ0) is 22.6. The van der Waals surface area contributed by atoms with Gasteiger partial charge in [0.2, 0.25) is 15.9 Å². The minimum absolute atomic E-state index is 0.00608. The zero-order valence-corrected chi connectivity index (χ0v) is 19.4. The molecule has 0 aromatic heterocycles. The maximum absolute atomic E-state index is 13.4. The van der Waals surface area contributed by atoms with E-state index in [1.54, 1.807) is 24.3 Å². The molecule has 32 heavy (non-hydrogen) atoms. The van der Waals surface area contributed by atoms with Gasteiger partial charge in [0, 0.05) is 25.2 Å². The van der Waals surface area contributed by atoms with Gasteiger partial charge < -0.3 is 10.1 Å². The second kappa shape index (κ2) is 10.0. The Kier molecular flexibility index (Phi) is 7.16. The second-order valence-corrected chi connectivity index (χ2v) is 10.8. The highest BCUT2D eigenvalue weighted by Crippen LogP contribution is 2.29. The van der Waals surface area contributed by atoms with Crippen molar-refractivity contribution >= 4 is 15.9 Å². The van der Waals surface area contributed by atoms with Crippen LogP contribution in [0.15, 0.2) is 53.4 Å². The monoisotopic (exact) mass is 456 g/mol. The van der Waals surface area contributed by atoms with Gasteiger partial charge in [-0.05, 0) is 56.4 Å². The van der Waals surface area contributed by atoms with Gasteiger partial charge in [-0.3, -0.25) is 4.79 Å². The molecule has 1 amide bonds. The van der Waals surface area contributed by atoms with Gasteiger partial charge in [-0.25, -0.2) is 8.42 Å². The van der Waals surface area contributed by atoms with Gasteiger partial charge in [0.15, 0.2) is 0 Å². The van der Waals surface area contributed by atoms with Crippen molar-refractivity contribution in [2.75, 3.05) is 13.1 Å². The third-order valence-corrected chi connectivity index (χ3v) is 8.33. The lowest BCUT2D eigenvalue weighted by Gasteiger charge is -2.32. The van der Waals surface area contributed by atoms with E-state index >= 15 is 0 Å². The molecule has 1 saturated carbocycles.